The van der Waals surface area contributed by atoms with Gasteiger partial charge in [0.05, 0.1) is 11.5 Å². The molecule has 2 atom stereocenters. The van der Waals surface area contributed by atoms with Crippen molar-refractivity contribution in [3.05, 3.63) is 35.9 Å². The maximum atomic E-state index is 12.6. The Balaban J connectivity index is 2.03. The van der Waals surface area contributed by atoms with Crippen LogP contribution in [0.4, 0.5) is 0 Å². The molecule has 1 aromatic carbocycles. The Morgan fingerprint density at radius 2 is 2.16 bits per heavy atom. The quantitative estimate of drug-likeness (QED) is 0.854. The van der Waals surface area contributed by atoms with E-state index in [0.717, 1.165) is 37.9 Å². The Morgan fingerprint density at radius 1 is 1.42 bits per heavy atom. The lowest BCUT2D eigenvalue weighted by molar-refractivity contribution is -0.131. The van der Waals surface area contributed by atoms with E-state index in [1.165, 1.54) is 0 Å². The first-order chi connectivity index (χ1) is 9.18. The molecule has 0 saturated carbocycles. The number of carbonyl (C=O) groups excluding carboxylic acids is 1. The van der Waals surface area contributed by atoms with Gasteiger partial charge in [0.15, 0.2) is 0 Å². The van der Waals surface area contributed by atoms with Crippen LogP contribution in [0.1, 0.15) is 44.7 Å². The first-order valence-electron chi connectivity index (χ1n) is 7.24. The number of amides is 1. The summed E-state index contributed by atoms with van der Waals surface area (Å²) in [6.45, 7) is 5.96. The van der Waals surface area contributed by atoms with Gasteiger partial charge >= 0.3 is 0 Å². The third-order valence-electron chi connectivity index (χ3n) is 4.10. The van der Waals surface area contributed by atoms with E-state index >= 15 is 0 Å². The van der Waals surface area contributed by atoms with E-state index in [9.17, 15) is 4.79 Å². The van der Waals surface area contributed by atoms with E-state index in [2.05, 4.69) is 36.6 Å². The highest BCUT2D eigenvalue weighted by molar-refractivity contribution is 5.83. The molecule has 1 saturated heterocycles. The summed E-state index contributed by atoms with van der Waals surface area (Å²) >= 11 is 0. The van der Waals surface area contributed by atoms with E-state index in [0.29, 0.717) is 0 Å². The molecular weight excluding hydrogens is 236 g/mol. The Kier molecular flexibility index (Phi) is 4.59. The smallest absolute Gasteiger partial charge is 0.228 e. The standard InChI is InChI=1S/C16H24N2O/c1-3-9-16(10-11-17-12-16)15(19)18-13(2)14-7-5-4-6-8-14/h4-8,13,17H,3,9-12H2,1-2H3,(H,18,19). The highest BCUT2D eigenvalue weighted by Gasteiger charge is 2.40. The molecule has 104 valence electrons. The van der Waals surface area contributed by atoms with Crippen LogP contribution in [0.3, 0.4) is 0 Å². The zero-order valence-corrected chi connectivity index (χ0v) is 11.9. The molecule has 1 fully saturated rings. The van der Waals surface area contributed by atoms with E-state index in [1.807, 2.05) is 18.2 Å². The molecule has 2 rings (SSSR count). The van der Waals surface area contributed by atoms with Crippen molar-refractivity contribution in [2.75, 3.05) is 13.1 Å². The molecule has 2 N–H and O–H groups in total. The fourth-order valence-electron chi connectivity index (χ4n) is 2.92. The molecule has 0 aromatic heterocycles. The van der Waals surface area contributed by atoms with Crippen LogP contribution in [-0.2, 0) is 4.79 Å². The van der Waals surface area contributed by atoms with Crippen LogP contribution < -0.4 is 10.6 Å². The lowest BCUT2D eigenvalue weighted by Crippen LogP contribution is -2.43. The van der Waals surface area contributed by atoms with Gasteiger partial charge in [-0.1, -0.05) is 43.7 Å². The largest absolute Gasteiger partial charge is 0.349 e. The van der Waals surface area contributed by atoms with Gasteiger partial charge in [0, 0.05) is 6.54 Å². The van der Waals surface area contributed by atoms with Gasteiger partial charge in [-0.2, -0.15) is 0 Å². The van der Waals surface area contributed by atoms with Crippen molar-refractivity contribution < 1.29 is 4.79 Å². The summed E-state index contributed by atoms with van der Waals surface area (Å²) in [5, 5.41) is 6.52. The Hall–Kier alpha value is -1.35. The summed E-state index contributed by atoms with van der Waals surface area (Å²) in [4.78, 5) is 12.6. The number of rotatable bonds is 5. The summed E-state index contributed by atoms with van der Waals surface area (Å²) in [6.07, 6.45) is 2.97. The Labute approximate surface area is 115 Å². The van der Waals surface area contributed by atoms with Crippen molar-refractivity contribution in [2.45, 2.75) is 39.2 Å². The normalized spacial score (nSPS) is 24.1. The predicted octanol–water partition coefficient (Wildman–Crippen LogP) is 2.64. The first kappa shape index (κ1) is 14.1. The average Bonchev–Trinajstić information content (AvgIpc) is 2.90. The number of benzene rings is 1. The van der Waals surface area contributed by atoms with Gasteiger partial charge in [0.2, 0.25) is 5.91 Å². The van der Waals surface area contributed by atoms with Crippen LogP contribution in [0, 0.1) is 5.41 Å². The second-order valence-electron chi connectivity index (χ2n) is 5.56. The van der Waals surface area contributed by atoms with Crippen LogP contribution in [0.25, 0.3) is 0 Å². The minimum absolute atomic E-state index is 0.0723. The third-order valence-corrected chi connectivity index (χ3v) is 4.10. The molecule has 1 aromatic rings. The summed E-state index contributed by atoms with van der Waals surface area (Å²) in [5.74, 6) is 0.204. The van der Waals surface area contributed by atoms with E-state index in [-0.39, 0.29) is 17.4 Å². The van der Waals surface area contributed by atoms with E-state index in [1.54, 1.807) is 0 Å². The molecule has 1 aliphatic heterocycles. The number of hydrogen-bond donors (Lipinski definition) is 2. The highest BCUT2D eigenvalue weighted by atomic mass is 16.2. The van der Waals surface area contributed by atoms with Crippen molar-refractivity contribution >= 4 is 5.91 Å². The molecular formula is C16H24N2O. The lowest BCUT2D eigenvalue weighted by Gasteiger charge is -2.28. The molecule has 19 heavy (non-hydrogen) atoms. The number of carbonyl (C=O) groups is 1. The molecule has 2 unspecified atom stereocenters. The summed E-state index contributed by atoms with van der Waals surface area (Å²) in [6, 6.07) is 10.2. The molecule has 1 aliphatic rings. The average molecular weight is 260 g/mol. The molecule has 0 radical (unpaired) electrons. The molecule has 0 spiro atoms. The number of nitrogens with one attached hydrogen (secondary N) is 2. The van der Waals surface area contributed by atoms with Crippen molar-refractivity contribution in [3.63, 3.8) is 0 Å². The Morgan fingerprint density at radius 3 is 2.74 bits per heavy atom. The van der Waals surface area contributed by atoms with E-state index < -0.39 is 0 Å². The number of hydrogen-bond acceptors (Lipinski definition) is 2. The van der Waals surface area contributed by atoms with Gasteiger partial charge in [0.1, 0.15) is 0 Å². The molecule has 1 amide bonds. The fourth-order valence-corrected chi connectivity index (χ4v) is 2.92. The maximum absolute atomic E-state index is 12.6. The third kappa shape index (κ3) is 3.16. The summed E-state index contributed by atoms with van der Waals surface area (Å²) in [5.41, 5.74) is 0.964. The van der Waals surface area contributed by atoms with Crippen LogP contribution in [0.2, 0.25) is 0 Å². The molecule has 3 nitrogen and oxygen atoms in total. The van der Waals surface area contributed by atoms with Gasteiger partial charge in [-0.05, 0) is 31.9 Å². The first-order valence-corrected chi connectivity index (χ1v) is 7.24. The zero-order valence-electron chi connectivity index (χ0n) is 11.9. The lowest BCUT2D eigenvalue weighted by atomic mass is 9.81. The van der Waals surface area contributed by atoms with E-state index in [4.69, 9.17) is 0 Å². The highest BCUT2D eigenvalue weighted by Crippen LogP contribution is 2.32. The molecule has 0 aliphatic carbocycles. The molecule has 0 bridgehead atoms. The second kappa shape index (κ2) is 6.20. The van der Waals surface area contributed by atoms with Crippen LogP contribution >= 0.6 is 0 Å². The van der Waals surface area contributed by atoms with Gasteiger partial charge in [-0.15, -0.1) is 0 Å². The second-order valence-corrected chi connectivity index (χ2v) is 5.56. The van der Waals surface area contributed by atoms with Crippen molar-refractivity contribution in [3.8, 4) is 0 Å². The predicted molar refractivity (Wildman–Crippen MR) is 77.8 cm³/mol. The van der Waals surface area contributed by atoms with Crippen molar-refractivity contribution in [2.24, 2.45) is 5.41 Å². The zero-order chi connectivity index (χ0) is 13.7. The monoisotopic (exact) mass is 260 g/mol. The van der Waals surface area contributed by atoms with Gasteiger partial charge in [-0.25, -0.2) is 0 Å². The maximum Gasteiger partial charge on any atom is 0.228 e. The van der Waals surface area contributed by atoms with Crippen LogP contribution in [0.15, 0.2) is 30.3 Å². The van der Waals surface area contributed by atoms with Gasteiger partial charge < -0.3 is 10.6 Å². The topological polar surface area (TPSA) is 41.1 Å². The van der Waals surface area contributed by atoms with Crippen molar-refractivity contribution in [1.29, 1.82) is 0 Å². The minimum atomic E-state index is -0.197. The SMILES string of the molecule is CCCC1(C(=O)NC(C)c2ccccc2)CCNC1. The molecule has 1 heterocycles. The van der Waals surface area contributed by atoms with Gasteiger partial charge in [0.25, 0.3) is 0 Å². The minimum Gasteiger partial charge on any atom is -0.349 e. The van der Waals surface area contributed by atoms with Crippen LogP contribution in [-0.4, -0.2) is 19.0 Å². The molecule has 3 heteroatoms. The van der Waals surface area contributed by atoms with Crippen LogP contribution in [0.5, 0.6) is 0 Å². The van der Waals surface area contributed by atoms with Crippen molar-refractivity contribution in [1.82, 2.24) is 10.6 Å². The van der Waals surface area contributed by atoms with Gasteiger partial charge in [-0.3, -0.25) is 4.79 Å². The fraction of sp³-hybridized carbons (Fsp3) is 0.562. The summed E-state index contributed by atoms with van der Waals surface area (Å²) < 4.78 is 0. The Bertz CT molecular complexity index is 410. The summed E-state index contributed by atoms with van der Waals surface area (Å²) in [7, 11) is 0.